The molecule has 0 heterocycles. The minimum atomic E-state index is -0.173. The van der Waals surface area contributed by atoms with E-state index in [1.165, 1.54) is 11.1 Å². The highest BCUT2D eigenvalue weighted by molar-refractivity contribution is 5.50. The first-order valence-corrected chi connectivity index (χ1v) is 6.27. The van der Waals surface area contributed by atoms with Crippen LogP contribution in [0.3, 0.4) is 0 Å². The van der Waals surface area contributed by atoms with Crippen molar-refractivity contribution in [2.75, 3.05) is 0 Å². The lowest BCUT2D eigenvalue weighted by molar-refractivity contribution is 0.967. The summed E-state index contributed by atoms with van der Waals surface area (Å²) in [6.45, 7) is 5.87. The summed E-state index contributed by atoms with van der Waals surface area (Å²) in [6, 6.07) is 10.7. The molecule has 0 spiro atoms. The van der Waals surface area contributed by atoms with E-state index in [4.69, 9.17) is 0 Å². The summed E-state index contributed by atoms with van der Waals surface area (Å²) in [6.07, 6.45) is 7.88. The minimum Gasteiger partial charge on any atom is -0.197 e. The standard InChI is InChI=1S/C17H17N/c1-3-7-15-13(4-2)10-11-14-8-5-6-9-16(14)17(15)12-18/h3-9,17H,2,10-11H2,1H3/b7-3-. The molecule has 0 N–H and O–H groups in total. The fourth-order valence-electron chi connectivity index (χ4n) is 2.55. The van der Waals surface area contributed by atoms with E-state index < -0.39 is 0 Å². The Balaban J connectivity index is 2.62. The molecule has 1 aromatic rings. The van der Waals surface area contributed by atoms with Crippen LogP contribution in [0.1, 0.15) is 30.4 Å². The Morgan fingerprint density at radius 2 is 2.11 bits per heavy atom. The smallest absolute Gasteiger partial charge is 0.0967 e. The first-order valence-electron chi connectivity index (χ1n) is 6.27. The maximum Gasteiger partial charge on any atom is 0.0967 e. The number of nitrogens with zero attached hydrogens (tertiary/aromatic N) is 1. The Labute approximate surface area is 109 Å². The van der Waals surface area contributed by atoms with E-state index in [0.29, 0.717) is 0 Å². The largest absolute Gasteiger partial charge is 0.197 e. The van der Waals surface area contributed by atoms with Crippen molar-refractivity contribution in [2.24, 2.45) is 0 Å². The molecule has 1 aromatic carbocycles. The van der Waals surface area contributed by atoms with Gasteiger partial charge in [-0.3, -0.25) is 0 Å². The van der Waals surface area contributed by atoms with Crippen molar-refractivity contribution >= 4 is 0 Å². The van der Waals surface area contributed by atoms with E-state index in [9.17, 15) is 5.26 Å². The maximum atomic E-state index is 9.52. The third kappa shape index (κ3) is 2.15. The SMILES string of the molecule is C=CC1=C(/C=C\C)C(C#N)c2ccccc2CC1. The van der Waals surface area contributed by atoms with Crippen LogP contribution in [0.25, 0.3) is 0 Å². The second-order valence-electron chi connectivity index (χ2n) is 4.45. The van der Waals surface area contributed by atoms with Crippen molar-refractivity contribution in [3.05, 3.63) is 71.3 Å². The van der Waals surface area contributed by atoms with E-state index in [2.05, 4.69) is 24.8 Å². The van der Waals surface area contributed by atoms with Gasteiger partial charge in [-0.15, -0.1) is 0 Å². The molecule has 1 heteroatoms. The van der Waals surface area contributed by atoms with Gasteiger partial charge < -0.3 is 0 Å². The average Bonchev–Trinajstić information content (AvgIpc) is 2.55. The first kappa shape index (κ1) is 12.4. The molecular formula is C17H17N. The Morgan fingerprint density at radius 1 is 1.33 bits per heavy atom. The molecular weight excluding hydrogens is 218 g/mol. The number of allylic oxidation sites excluding steroid dienone is 5. The monoisotopic (exact) mass is 235 g/mol. The van der Waals surface area contributed by atoms with Crippen LogP contribution in [0.15, 0.2) is 60.2 Å². The van der Waals surface area contributed by atoms with Crippen molar-refractivity contribution in [3.8, 4) is 6.07 Å². The molecule has 1 atom stereocenters. The van der Waals surface area contributed by atoms with Crippen LogP contribution in [-0.4, -0.2) is 0 Å². The minimum absolute atomic E-state index is 0.173. The number of hydrogen-bond acceptors (Lipinski definition) is 1. The van der Waals surface area contributed by atoms with Gasteiger partial charge in [-0.25, -0.2) is 0 Å². The molecule has 0 aromatic heterocycles. The topological polar surface area (TPSA) is 23.8 Å². The van der Waals surface area contributed by atoms with Crippen LogP contribution < -0.4 is 0 Å². The van der Waals surface area contributed by atoms with Crippen LogP contribution in [0.5, 0.6) is 0 Å². The molecule has 0 aliphatic heterocycles. The predicted molar refractivity (Wildman–Crippen MR) is 75.2 cm³/mol. The summed E-state index contributed by atoms with van der Waals surface area (Å²) in [7, 11) is 0. The zero-order valence-electron chi connectivity index (χ0n) is 10.7. The van der Waals surface area contributed by atoms with E-state index in [1.807, 2.05) is 37.3 Å². The van der Waals surface area contributed by atoms with E-state index >= 15 is 0 Å². The van der Waals surface area contributed by atoms with Gasteiger partial charge in [-0.05, 0) is 42.0 Å². The predicted octanol–water partition coefficient (Wildman–Crippen LogP) is 4.30. The van der Waals surface area contributed by atoms with Gasteiger partial charge in [-0.2, -0.15) is 5.26 Å². The van der Waals surface area contributed by atoms with E-state index in [-0.39, 0.29) is 5.92 Å². The molecule has 90 valence electrons. The highest BCUT2D eigenvalue weighted by atomic mass is 14.3. The maximum absolute atomic E-state index is 9.52. The van der Waals surface area contributed by atoms with Crippen LogP contribution in [0, 0.1) is 11.3 Å². The normalized spacial score (nSPS) is 19.2. The second kappa shape index (κ2) is 5.51. The van der Waals surface area contributed by atoms with Crippen molar-refractivity contribution in [1.82, 2.24) is 0 Å². The van der Waals surface area contributed by atoms with Gasteiger partial charge in [0.25, 0.3) is 0 Å². The molecule has 1 nitrogen and oxygen atoms in total. The number of benzene rings is 1. The van der Waals surface area contributed by atoms with Gasteiger partial charge in [0.1, 0.15) is 0 Å². The summed E-state index contributed by atoms with van der Waals surface area (Å²) < 4.78 is 0. The molecule has 1 aliphatic rings. The van der Waals surface area contributed by atoms with Crippen molar-refractivity contribution in [3.63, 3.8) is 0 Å². The van der Waals surface area contributed by atoms with Gasteiger partial charge >= 0.3 is 0 Å². The quantitative estimate of drug-likeness (QED) is 0.749. The number of aryl methyl sites for hydroxylation is 1. The molecule has 18 heavy (non-hydrogen) atoms. The van der Waals surface area contributed by atoms with Gasteiger partial charge in [0.05, 0.1) is 12.0 Å². The lowest BCUT2D eigenvalue weighted by atomic mass is 9.88. The average molecular weight is 235 g/mol. The molecule has 0 saturated carbocycles. The Hall–Kier alpha value is -2.07. The fraction of sp³-hybridized carbons (Fsp3) is 0.235. The second-order valence-corrected chi connectivity index (χ2v) is 4.45. The molecule has 1 unspecified atom stereocenters. The number of nitriles is 1. The van der Waals surface area contributed by atoms with Gasteiger partial charge in [0.2, 0.25) is 0 Å². The lowest BCUT2D eigenvalue weighted by Gasteiger charge is -2.13. The molecule has 1 aliphatic carbocycles. The molecule has 0 saturated heterocycles. The van der Waals surface area contributed by atoms with Crippen molar-refractivity contribution in [2.45, 2.75) is 25.7 Å². The van der Waals surface area contributed by atoms with Crippen molar-refractivity contribution < 1.29 is 0 Å². The summed E-state index contributed by atoms with van der Waals surface area (Å²) in [5, 5.41) is 9.52. The molecule has 2 rings (SSSR count). The van der Waals surface area contributed by atoms with Crippen LogP contribution >= 0.6 is 0 Å². The lowest BCUT2D eigenvalue weighted by Crippen LogP contribution is -2.01. The third-order valence-electron chi connectivity index (χ3n) is 3.43. The molecule has 0 fully saturated rings. The molecule has 0 radical (unpaired) electrons. The van der Waals surface area contributed by atoms with Gasteiger partial charge in [0, 0.05) is 0 Å². The Bertz CT molecular complexity index is 555. The fourth-order valence-corrected chi connectivity index (χ4v) is 2.55. The van der Waals surface area contributed by atoms with Crippen LogP contribution in [-0.2, 0) is 6.42 Å². The molecule has 0 amide bonds. The number of rotatable bonds is 2. The summed E-state index contributed by atoms with van der Waals surface area (Å²) >= 11 is 0. The van der Waals surface area contributed by atoms with Crippen LogP contribution in [0.4, 0.5) is 0 Å². The van der Waals surface area contributed by atoms with E-state index in [0.717, 1.165) is 24.0 Å². The summed E-state index contributed by atoms with van der Waals surface area (Å²) in [4.78, 5) is 0. The van der Waals surface area contributed by atoms with E-state index in [1.54, 1.807) is 0 Å². The van der Waals surface area contributed by atoms with Gasteiger partial charge in [-0.1, -0.05) is 49.1 Å². The third-order valence-corrected chi connectivity index (χ3v) is 3.43. The number of hydrogen-bond donors (Lipinski definition) is 0. The Kier molecular flexibility index (Phi) is 3.79. The zero-order valence-corrected chi connectivity index (χ0v) is 10.7. The molecule has 0 bridgehead atoms. The number of fused-ring (bicyclic) bond motifs is 1. The Morgan fingerprint density at radius 3 is 2.78 bits per heavy atom. The first-order chi connectivity index (χ1) is 8.81. The van der Waals surface area contributed by atoms with Crippen molar-refractivity contribution in [1.29, 1.82) is 5.26 Å². The highest BCUT2D eigenvalue weighted by Gasteiger charge is 2.22. The highest BCUT2D eigenvalue weighted by Crippen LogP contribution is 2.35. The summed E-state index contributed by atoms with van der Waals surface area (Å²) in [5.41, 5.74) is 4.71. The van der Waals surface area contributed by atoms with Gasteiger partial charge in [0.15, 0.2) is 0 Å². The van der Waals surface area contributed by atoms with Crippen LogP contribution in [0.2, 0.25) is 0 Å². The zero-order chi connectivity index (χ0) is 13.0. The summed E-state index contributed by atoms with van der Waals surface area (Å²) in [5.74, 6) is -0.173.